The van der Waals surface area contributed by atoms with E-state index in [2.05, 4.69) is 5.32 Å². The van der Waals surface area contributed by atoms with E-state index in [1.807, 2.05) is 13.8 Å². The molecule has 3 nitrogen and oxygen atoms in total. The van der Waals surface area contributed by atoms with E-state index in [1.165, 1.54) is 0 Å². The molecule has 0 aliphatic rings. The normalized spacial score (nSPS) is 14.5. The fourth-order valence-electron chi connectivity index (χ4n) is 1.31. The predicted molar refractivity (Wildman–Crippen MR) is 65.2 cm³/mol. The second-order valence-electron chi connectivity index (χ2n) is 3.91. The maximum absolute atomic E-state index is 11.8. The Morgan fingerprint density at radius 1 is 1.56 bits per heavy atom. The number of rotatable bonds is 5. The molecule has 1 amide bonds. The molecule has 0 spiro atoms. The summed E-state index contributed by atoms with van der Waals surface area (Å²) in [5.41, 5.74) is -0.307. The van der Waals surface area contributed by atoms with Gasteiger partial charge in [-0.15, -0.1) is 11.6 Å². The lowest BCUT2D eigenvalue weighted by Gasteiger charge is -2.28. The van der Waals surface area contributed by atoms with Gasteiger partial charge in [0, 0.05) is 11.4 Å². The van der Waals surface area contributed by atoms with Crippen molar-refractivity contribution in [3.05, 3.63) is 23.1 Å². The molecule has 0 aliphatic carbocycles. The molecular formula is C11H15Cl2NO2. The van der Waals surface area contributed by atoms with Crippen molar-refractivity contribution in [2.24, 2.45) is 0 Å². The standard InChI is InChI=1S/C11H15Cl2NO2/c1-3-11(2,6-7-12)14-10(15)8-4-5-9(13)16-8/h4-5H,3,6-7H2,1-2H3,(H,14,15). The van der Waals surface area contributed by atoms with Crippen LogP contribution in [-0.2, 0) is 0 Å². The molecule has 90 valence electrons. The van der Waals surface area contributed by atoms with Crippen molar-refractivity contribution in [2.75, 3.05) is 5.88 Å². The Balaban J connectivity index is 2.69. The number of nitrogens with one attached hydrogen (secondary N) is 1. The van der Waals surface area contributed by atoms with Gasteiger partial charge in [0.05, 0.1) is 0 Å². The summed E-state index contributed by atoms with van der Waals surface area (Å²) >= 11 is 11.3. The zero-order chi connectivity index (χ0) is 12.2. The van der Waals surface area contributed by atoms with E-state index in [9.17, 15) is 4.79 Å². The average Bonchev–Trinajstić information content (AvgIpc) is 2.65. The number of furan rings is 1. The van der Waals surface area contributed by atoms with Crippen molar-refractivity contribution in [1.29, 1.82) is 0 Å². The van der Waals surface area contributed by atoms with Crippen LogP contribution in [-0.4, -0.2) is 17.3 Å². The number of hydrogen-bond donors (Lipinski definition) is 1. The third kappa shape index (κ3) is 3.42. The molecule has 0 saturated carbocycles. The fourth-order valence-corrected chi connectivity index (χ4v) is 1.87. The van der Waals surface area contributed by atoms with Crippen LogP contribution in [0.4, 0.5) is 0 Å². The Labute approximate surface area is 105 Å². The summed E-state index contributed by atoms with van der Waals surface area (Å²) in [6.45, 7) is 3.96. The second-order valence-corrected chi connectivity index (χ2v) is 4.66. The summed E-state index contributed by atoms with van der Waals surface area (Å²) in [6.07, 6.45) is 1.52. The van der Waals surface area contributed by atoms with Crippen molar-refractivity contribution in [2.45, 2.75) is 32.2 Å². The van der Waals surface area contributed by atoms with Gasteiger partial charge in [0.25, 0.3) is 5.91 Å². The first kappa shape index (κ1) is 13.4. The van der Waals surface area contributed by atoms with Crippen molar-refractivity contribution >= 4 is 29.1 Å². The topological polar surface area (TPSA) is 42.2 Å². The van der Waals surface area contributed by atoms with Crippen LogP contribution in [0.1, 0.15) is 37.2 Å². The van der Waals surface area contributed by atoms with Gasteiger partial charge in [-0.3, -0.25) is 4.79 Å². The first-order valence-corrected chi connectivity index (χ1v) is 6.06. The van der Waals surface area contributed by atoms with Crippen LogP contribution in [0.25, 0.3) is 0 Å². The predicted octanol–water partition coefficient (Wildman–Crippen LogP) is 3.46. The summed E-state index contributed by atoms with van der Waals surface area (Å²) < 4.78 is 5.03. The molecule has 0 aromatic carbocycles. The minimum absolute atomic E-state index is 0.209. The fraction of sp³-hybridized carbons (Fsp3) is 0.545. The first-order chi connectivity index (χ1) is 7.50. The molecule has 1 aromatic rings. The van der Waals surface area contributed by atoms with Gasteiger partial charge in [0.2, 0.25) is 0 Å². The number of amides is 1. The van der Waals surface area contributed by atoms with E-state index >= 15 is 0 Å². The molecule has 0 radical (unpaired) electrons. The quantitative estimate of drug-likeness (QED) is 0.827. The lowest BCUT2D eigenvalue weighted by molar-refractivity contribution is 0.0873. The highest BCUT2D eigenvalue weighted by Crippen LogP contribution is 2.18. The Kier molecular flexibility index (Phi) is 4.69. The van der Waals surface area contributed by atoms with Gasteiger partial charge in [-0.1, -0.05) is 6.92 Å². The van der Waals surface area contributed by atoms with Crippen LogP contribution in [0.2, 0.25) is 5.22 Å². The molecule has 0 aliphatic heterocycles. The molecule has 0 fully saturated rings. The molecule has 16 heavy (non-hydrogen) atoms. The number of alkyl halides is 1. The van der Waals surface area contributed by atoms with Crippen LogP contribution < -0.4 is 5.32 Å². The Bertz CT molecular complexity index is 365. The highest BCUT2D eigenvalue weighted by atomic mass is 35.5. The zero-order valence-corrected chi connectivity index (χ0v) is 10.9. The maximum atomic E-state index is 11.8. The van der Waals surface area contributed by atoms with Crippen molar-refractivity contribution in [3.8, 4) is 0 Å². The van der Waals surface area contributed by atoms with E-state index in [0.717, 1.165) is 6.42 Å². The molecule has 1 N–H and O–H groups in total. The monoisotopic (exact) mass is 263 g/mol. The van der Waals surface area contributed by atoms with Crippen molar-refractivity contribution < 1.29 is 9.21 Å². The van der Waals surface area contributed by atoms with Gasteiger partial charge in [0.15, 0.2) is 11.0 Å². The smallest absolute Gasteiger partial charge is 0.287 e. The third-order valence-electron chi connectivity index (χ3n) is 2.64. The van der Waals surface area contributed by atoms with Crippen LogP contribution in [0.5, 0.6) is 0 Å². The highest BCUT2D eigenvalue weighted by Gasteiger charge is 2.25. The molecule has 1 atom stereocenters. The lowest BCUT2D eigenvalue weighted by atomic mass is 9.95. The molecule has 1 heterocycles. The molecule has 1 aromatic heterocycles. The van der Waals surface area contributed by atoms with E-state index in [1.54, 1.807) is 12.1 Å². The highest BCUT2D eigenvalue weighted by molar-refractivity contribution is 6.29. The largest absolute Gasteiger partial charge is 0.440 e. The number of hydrogen-bond acceptors (Lipinski definition) is 2. The molecule has 1 unspecified atom stereocenters. The number of halogens is 2. The zero-order valence-electron chi connectivity index (χ0n) is 9.35. The van der Waals surface area contributed by atoms with Gasteiger partial charge in [-0.25, -0.2) is 0 Å². The Hall–Kier alpha value is -0.670. The van der Waals surface area contributed by atoms with Gasteiger partial charge < -0.3 is 9.73 Å². The first-order valence-electron chi connectivity index (χ1n) is 5.14. The SMILES string of the molecule is CCC(C)(CCCl)NC(=O)c1ccc(Cl)o1. The van der Waals surface area contributed by atoms with Crippen LogP contribution in [0.15, 0.2) is 16.5 Å². The van der Waals surface area contributed by atoms with Crippen molar-refractivity contribution in [1.82, 2.24) is 5.32 Å². The van der Waals surface area contributed by atoms with Crippen LogP contribution >= 0.6 is 23.2 Å². The molecule has 1 rings (SSSR count). The summed E-state index contributed by atoms with van der Waals surface area (Å²) in [4.78, 5) is 11.8. The summed E-state index contributed by atoms with van der Waals surface area (Å²) in [5.74, 6) is 0.462. The Morgan fingerprint density at radius 3 is 2.69 bits per heavy atom. The summed E-state index contributed by atoms with van der Waals surface area (Å²) in [5, 5.41) is 3.11. The molecule has 0 bridgehead atoms. The van der Waals surface area contributed by atoms with E-state index in [4.69, 9.17) is 27.6 Å². The second kappa shape index (κ2) is 5.60. The van der Waals surface area contributed by atoms with Gasteiger partial charge >= 0.3 is 0 Å². The molecular weight excluding hydrogens is 249 g/mol. The minimum atomic E-state index is -0.307. The lowest BCUT2D eigenvalue weighted by Crippen LogP contribution is -2.45. The Morgan fingerprint density at radius 2 is 2.25 bits per heavy atom. The third-order valence-corrected chi connectivity index (χ3v) is 3.03. The van der Waals surface area contributed by atoms with Crippen LogP contribution in [0, 0.1) is 0 Å². The molecule has 0 saturated heterocycles. The van der Waals surface area contributed by atoms with E-state index in [-0.39, 0.29) is 22.4 Å². The van der Waals surface area contributed by atoms with Crippen molar-refractivity contribution in [3.63, 3.8) is 0 Å². The van der Waals surface area contributed by atoms with Crippen LogP contribution in [0.3, 0.4) is 0 Å². The number of carbonyl (C=O) groups is 1. The minimum Gasteiger partial charge on any atom is -0.440 e. The average molecular weight is 264 g/mol. The number of carbonyl (C=O) groups excluding carboxylic acids is 1. The van der Waals surface area contributed by atoms with Gasteiger partial charge in [0.1, 0.15) is 0 Å². The van der Waals surface area contributed by atoms with Gasteiger partial charge in [-0.2, -0.15) is 0 Å². The van der Waals surface area contributed by atoms with Gasteiger partial charge in [-0.05, 0) is 43.5 Å². The van der Waals surface area contributed by atoms with E-state index in [0.29, 0.717) is 12.3 Å². The molecule has 5 heteroatoms. The maximum Gasteiger partial charge on any atom is 0.287 e. The van der Waals surface area contributed by atoms with E-state index < -0.39 is 0 Å². The summed E-state index contributed by atoms with van der Waals surface area (Å²) in [6, 6.07) is 3.09. The summed E-state index contributed by atoms with van der Waals surface area (Å²) in [7, 11) is 0.